The van der Waals surface area contributed by atoms with Crippen molar-refractivity contribution in [1.29, 1.82) is 5.26 Å². The van der Waals surface area contributed by atoms with E-state index in [9.17, 15) is 9.59 Å². The van der Waals surface area contributed by atoms with Gasteiger partial charge in [-0.1, -0.05) is 32.0 Å². The fraction of sp³-hybridized carbons (Fsp3) is 0.296. The third-order valence-corrected chi connectivity index (χ3v) is 4.56. The van der Waals surface area contributed by atoms with E-state index in [1.54, 1.807) is 56.5 Å². The monoisotopic (exact) mass is 463 g/mol. The van der Waals surface area contributed by atoms with Gasteiger partial charge in [-0.3, -0.25) is 0 Å². The molecular formula is C27H29NO6. The van der Waals surface area contributed by atoms with E-state index < -0.39 is 11.9 Å². The standard InChI is InChI=1S/C27H29NO6/c1-5-32-27(30)22(18-28)15-21-7-6-8-23(16-21)34-26(29)12-10-20-9-11-24(25(17-20)31-4)33-14-13-19(2)3/h6-12,15-17,19H,5,13-14H2,1-4H3/b12-10+,22-15+. The molecule has 0 aliphatic carbocycles. The van der Waals surface area contributed by atoms with Crippen LogP contribution in [0.25, 0.3) is 12.2 Å². The third kappa shape index (κ3) is 8.47. The van der Waals surface area contributed by atoms with E-state index in [1.165, 1.54) is 12.2 Å². The molecule has 0 unspecified atom stereocenters. The summed E-state index contributed by atoms with van der Waals surface area (Å²) in [5, 5.41) is 9.17. The molecule has 2 rings (SSSR count). The summed E-state index contributed by atoms with van der Waals surface area (Å²) in [6.07, 6.45) is 5.23. The molecule has 0 amide bonds. The van der Waals surface area contributed by atoms with Gasteiger partial charge in [0.25, 0.3) is 0 Å². The predicted octanol–water partition coefficient (Wildman–Crippen LogP) is 5.21. The summed E-state index contributed by atoms with van der Waals surface area (Å²) in [4.78, 5) is 24.1. The smallest absolute Gasteiger partial charge is 0.348 e. The van der Waals surface area contributed by atoms with Crippen molar-refractivity contribution >= 4 is 24.1 Å². The average molecular weight is 464 g/mol. The molecule has 0 spiro atoms. The molecule has 0 radical (unpaired) electrons. The van der Waals surface area contributed by atoms with Gasteiger partial charge in [0.1, 0.15) is 17.4 Å². The van der Waals surface area contributed by atoms with Gasteiger partial charge in [0.2, 0.25) is 0 Å². The summed E-state index contributed by atoms with van der Waals surface area (Å²) in [6.45, 7) is 6.69. The van der Waals surface area contributed by atoms with Crippen LogP contribution in [0.3, 0.4) is 0 Å². The van der Waals surface area contributed by atoms with E-state index in [1.807, 2.05) is 12.1 Å². The minimum atomic E-state index is -0.706. The van der Waals surface area contributed by atoms with Gasteiger partial charge in [0.15, 0.2) is 11.5 Å². The molecule has 2 aromatic rings. The zero-order chi connectivity index (χ0) is 24.9. The quantitative estimate of drug-likeness (QED) is 0.195. The first-order chi connectivity index (χ1) is 16.4. The fourth-order valence-corrected chi connectivity index (χ4v) is 2.81. The average Bonchev–Trinajstić information content (AvgIpc) is 2.81. The predicted molar refractivity (Wildman–Crippen MR) is 129 cm³/mol. The van der Waals surface area contributed by atoms with Crippen LogP contribution in [-0.2, 0) is 14.3 Å². The second kappa shape index (κ2) is 13.5. The van der Waals surface area contributed by atoms with Crippen LogP contribution in [0.4, 0.5) is 0 Å². The highest BCUT2D eigenvalue weighted by Gasteiger charge is 2.10. The highest BCUT2D eigenvalue weighted by molar-refractivity contribution is 5.98. The lowest BCUT2D eigenvalue weighted by Gasteiger charge is -2.12. The molecule has 0 heterocycles. The number of rotatable bonds is 11. The van der Waals surface area contributed by atoms with E-state index in [-0.39, 0.29) is 17.9 Å². The van der Waals surface area contributed by atoms with Crippen molar-refractivity contribution in [2.24, 2.45) is 5.92 Å². The van der Waals surface area contributed by atoms with Crippen LogP contribution in [-0.4, -0.2) is 32.3 Å². The van der Waals surface area contributed by atoms with Crippen LogP contribution in [0.1, 0.15) is 38.3 Å². The largest absolute Gasteiger partial charge is 0.493 e. The molecule has 0 saturated carbocycles. The van der Waals surface area contributed by atoms with Crippen LogP contribution in [0, 0.1) is 17.2 Å². The minimum Gasteiger partial charge on any atom is -0.493 e. The van der Waals surface area contributed by atoms with Gasteiger partial charge in [-0.2, -0.15) is 5.26 Å². The molecule has 0 fully saturated rings. The Morgan fingerprint density at radius 3 is 2.56 bits per heavy atom. The fourth-order valence-electron chi connectivity index (χ4n) is 2.81. The molecular weight excluding hydrogens is 434 g/mol. The SMILES string of the molecule is CCOC(=O)/C(C#N)=C/c1cccc(OC(=O)/C=C/c2ccc(OCCC(C)C)c(OC)c2)c1. The van der Waals surface area contributed by atoms with E-state index in [2.05, 4.69) is 13.8 Å². The summed E-state index contributed by atoms with van der Waals surface area (Å²) >= 11 is 0. The van der Waals surface area contributed by atoms with E-state index in [0.717, 1.165) is 12.0 Å². The zero-order valence-corrected chi connectivity index (χ0v) is 19.9. The molecule has 7 nitrogen and oxygen atoms in total. The highest BCUT2D eigenvalue weighted by atomic mass is 16.5. The summed E-state index contributed by atoms with van der Waals surface area (Å²) in [5.41, 5.74) is 1.13. The Morgan fingerprint density at radius 2 is 1.88 bits per heavy atom. The lowest BCUT2D eigenvalue weighted by Crippen LogP contribution is -2.06. The van der Waals surface area contributed by atoms with Crippen LogP contribution >= 0.6 is 0 Å². The second-order valence-corrected chi connectivity index (χ2v) is 7.66. The van der Waals surface area contributed by atoms with Crippen molar-refractivity contribution in [3.63, 3.8) is 0 Å². The summed E-state index contributed by atoms with van der Waals surface area (Å²) in [7, 11) is 1.56. The van der Waals surface area contributed by atoms with Crippen LogP contribution in [0.15, 0.2) is 54.1 Å². The number of carbonyl (C=O) groups excluding carboxylic acids is 2. The Morgan fingerprint density at radius 1 is 1.09 bits per heavy atom. The van der Waals surface area contributed by atoms with Gasteiger partial charge in [0.05, 0.1) is 20.3 Å². The highest BCUT2D eigenvalue weighted by Crippen LogP contribution is 2.29. The summed E-state index contributed by atoms with van der Waals surface area (Å²) in [5.74, 6) is 0.754. The lowest BCUT2D eigenvalue weighted by molar-refractivity contribution is -0.138. The van der Waals surface area contributed by atoms with Crippen molar-refractivity contribution in [3.8, 4) is 23.3 Å². The van der Waals surface area contributed by atoms with Crippen molar-refractivity contribution in [3.05, 3.63) is 65.2 Å². The number of nitrogens with zero attached hydrogens (tertiary/aromatic N) is 1. The Bertz CT molecular complexity index is 1090. The van der Waals surface area contributed by atoms with Gasteiger partial charge < -0.3 is 18.9 Å². The van der Waals surface area contributed by atoms with Gasteiger partial charge >= 0.3 is 11.9 Å². The van der Waals surface area contributed by atoms with Gasteiger partial charge in [-0.15, -0.1) is 0 Å². The van der Waals surface area contributed by atoms with Crippen LogP contribution < -0.4 is 14.2 Å². The molecule has 0 aliphatic rings. The first-order valence-corrected chi connectivity index (χ1v) is 11.0. The Kier molecular flexibility index (Phi) is 10.4. The van der Waals surface area contributed by atoms with Gasteiger partial charge in [0, 0.05) is 6.08 Å². The maximum Gasteiger partial charge on any atom is 0.348 e. The molecule has 0 aromatic heterocycles. The summed E-state index contributed by atoms with van der Waals surface area (Å²) in [6, 6.07) is 13.7. The molecule has 0 saturated heterocycles. The normalized spacial score (nSPS) is 11.2. The first-order valence-electron chi connectivity index (χ1n) is 11.0. The number of benzene rings is 2. The topological polar surface area (TPSA) is 94.9 Å². The Balaban J connectivity index is 2.06. The number of hydrogen-bond acceptors (Lipinski definition) is 7. The number of hydrogen-bond donors (Lipinski definition) is 0. The van der Waals surface area contributed by atoms with Gasteiger partial charge in [-0.25, -0.2) is 9.59 Å². The van der Waals surface area contributed by atoms with Crippen molar-refractivity contribution in [1.82, 2.24) is 0 Å². The molecule has 7 heteroatoms. The molecule has 0 aliphatic heterocycles. The number of nitriles is 1. The van der Waals surface area contributed by atoms with Crippen molar-refractivity contribution in [2.75, 3.05) is 20.3 Å². The van der Waals surface area contributed by atoms with Crippen LogP contribution in [0.5, 0.6) is 17.2 Å². The van der Waals surface area contributed by atoms with E-state index in [4.69, 9.17) is 24.2 Å². The molecule has 0 N–H and O–H groups in total. The maximum atomic E-state index is 12.3. The summed E-state index contributed by atoms with van der Waals surface area (Å²) < 4.78 is 21.4. The zero-order valence-electron chi connectivity index (χ0n) is 19.9. The molecule has 34 heavy (non-hydrogen) atoms. The Hall–Kier alpha value is -4.05. The first kappa shape index (κ1) is 26.2. The van der Waals surface area contributed by atoms with Gasteiger partial charge in [-0.05, 0) is 66.8 Å². The second-order valence-electron chi connectivity index (χ2n) is 7.66. The third-order valence-electron chi connectivity index (χ3n) is 4.56. The Labute approximate surface area is 200 Å². The number of methoxy groups -OCH3 is 1. The minimum absolute atomic E-state index is 0.143. The number of esters is 2. The number of carbonyl (C=O) groups is 2. The number of ether oxygens (including phenoxy) is 4. The van der Waals surface area contributed by atoms with Crippen molar-refractivity contribution < 1.29 is 28.5 Å². The van der Waals surface area contributed by atoms with E-state index >= 15 is 0 Å². The molecule has 0 bridgehead atoms. The van der Waals surface area contributed by atoms with Crippen molar-refractivity contribution in [2.45, 2.75) is 27.2 Å². The molecule has 2 aromatic carbocycles. The van der Waals surface area contributed by atoms with Crippen LogP contribution in [0.2, 0.25) is 0 Å². The molecule has 0 atom stereocenters. The molecule has 178 valence electrons. The lowest BCUT2D eigenvalue weighted by atomic mass is 10.1. The van der Waals surface area contributed by atoms with E-state index in [0.29, 0.717) is 29.6 Å². The maximum absolute atomic E-state index is 12.3.